The van der Waals surface area contributed by atoms with E-state index in [1.165, 1.54) is 12.1 Å². The first-order valence-electron chi connectivity index (χ1n) is 8.11. The molecular weight excluding hydrogens is 415 g/mol. The topological polar surface area (TPSA) is 20.2 Å². The fourth-order valence-corrected chi connectivity index (χ4v) is 2.71. The summed E-state index contributed by atoms with van der Waals surface area (Å²) in [5, 5.41) is 10.2. The number of hydrogen-bond acceptors (Lipinski definition) is 1. The van der Waals surface area contributed by atoms with E-state index >= 15 is 0 Å². The Labute approximate surface area is 159 Å². The second-order valence-corrected chi connectivity index (χ2v) is 6.75. The predicted molar refractivity (Wildman–Crippen MR) is 87.0 cm³/mol. The van der Waals surface area contributed by atoms with E-state index < -0.39 is 36.0 Å². The van der Waals surface area contributed by atoms with Gasteiger partial charge in [-0.1, -0.05) is 54.6 Å². The van der Waals surface area contributed by atoms with Gasteiger partial charge in [0.05, 0.1) is 12.0 Å². The minimum Gasteiger partial charge on any atom is -0.385 e. The average Bonchev–Trinajstić information content (AvgIpc) is 2.60. The van der Waals surface area contributed by atoms with Crippen molar-refractivity contribution in [2.75, 3.05) is 0 Å². The fraction of sp³-hybridized carbons (Fsp3) is 0.368. The molecule has 0 aliphatic heterocycles. The van der Waals surface area contributed by atoms with Gasteiger partial charge in [-0.25, -0.2) is 0 Å². The van der Waals surface area contributed by atoms with Crippen LogP contribution in [-0.4, -0.2) is 29.1 Å². The van der Waals surface area contributed by atoms with Crippen molar-refractivity contribution in [2.24, 2.45) is 0 Å². The first-order chi connectivity index (χ1) is 13.0. The van der Waals surface area contributed by atoms with E-state index in [1.54, 1.807) is 30.3 Å². The second-order valence-electron chi connectivity index (χ2n) is 6.75. The largest absolute Gasteiger partial charge is 0.460 e. The molecule has 2 aromatic rings. The summed E-state index contributed by atoms with van der Waals surface area (Å²) in [6.07, 6.45) is -9.26. The lowest BCUT2D eigenvalue weighted by atomic mass is 9.85. The highest BCUT2D eigenvalue weighted by molar-refractivity contribution is 5.63. The van der Waals surface area contributed by atoms with Crippen molar-refractivity contribution >= 4 is 0 Å². The quantitative estimate of drug-likeness (QED) is 0.525. The maximum Gasteiger partial charge on any atom is 0.460 e. The van der Waals surface area contributed by atoms with Crippen LogP contribution in [0.15, 0.2) is 54.6 Å². The van der Waals surface area contributed by atoms with Crippen LogP contribution in [0.2, 0.25) is 0 Å². The standard InChI is InChI=1S/C19H15F9O/c1-15(29,11-16(20,21)17(22,23)18(24,25)19(26,27)28)14-9-7-13(8-10-14)12-5-3-2-4-6-12/h2-10,29H,11H2,1H3. The lowest BCUT2D eigenvalue weighted by Crippen LogP contribution is -2.62. The Hall–Kier alpha value is -2.23. The molecule has 0 aliphatic carbocycles. The summed E-state index contributed by atoms with van der Waals surface area (Å²) in [6, 6.07) is 13.5. The third kappa shape index (κ3) is 4.22. The molecule has 0 radical (unpaired) electrons. The highest BCUT2D eigenvalue weighted by Crippen LogP contribution is 2.55. The van der Waals surface area contributed by atoms with Gasteiger partial charge in [0.15, 0.2) is 0 Å². The van der Waals surface area contributed by atoms with Crippen LogP contribution < -0.4 is 0 Å². The summed E-state index contributed by atoms with van der Waals surface area (Å²) in [7, 11) is 0. The molecule has 0 aliphatic rings. The number of halogens is 9. The van der Waals surface area contributed by atoms with Crippen molar-refractivity contribution in [3.63, 3.8) is 0 Å². The van der Waals surface area contributed by atoms with Gasteiger partial charge in [-0.2, -0.15) is 39.5 Å². The molecular formula is C19H15F9O. The summed E-state index contributed by atoms with van der Waals surface area (Å²) in [5.74, 6) is -19.6. The lowest BCUT2D eigenvalue weighted by Gasteiger charge is -2.37. The van der Waals surface area contributed by atoms with Crippen LogP contribution in [0.4, 0.5) is 39.5 Å². The Morgan fingerprint density at radius 1 is 0.655 bits per heavy atom. The van der Waals surface area contributed by atoms with E-state index in [0.717, 1.165) is 12.1 Å². The third-order valence-corrected chi connectivity index (χ3v) is 4.39. The van der Waals surface area contributed by atoms with Crippen LogP contribution in [0.3, 0.4) is 0 Å². The summed E-state index contributed by atoms with van der Waals surface area (Å²) in [6.45, 7) is 0.625. The van der Waals surface area contributed by atoms with Gasteiger partial charge in [0.1, 0.15) is 0 Å². The van der Waals surface area contributed by atoms with Crippen LogP contribution in [0.5, 0.6) is 0 Å². The second kappa shape index (κ2) is 7.23. The molecule has 10 heteroatoms. The van der Waals surface area contributed by atoms with Gasteiger partial charge in [0, 0.05) is 0 Å². The van der Waals surface area contributed by atoms with E-state index in [1.807, 2.05) is 0 Å². The molecule has 0 aromatic heterocycles. The Kier molecular flexibility index (Phi) is 5.75. The molecule has 0 saturated heterocycles. The SMILES string of the molecule is CC(O)(CC(F)(F)C(F)(F)C(F)(F)C(F)(F)F)c1ccc(-c2ccccc2)cc1. The van der Waals surface area contributed by atoms with Crippen LogP contribution >= 0.6 is 0 Å². The minimum atomic E-state index is -6.99. The van der Waals surface area contributed by atoms with E-state index in [0.29, 0.717) is 18.1 Å². The van der Waals surface area contributed by atoms with Gasteiger partial charge in [-0.3, -0.25) is 0 Å². The van der Waals surface area contributed by atoms with Gasteiger partial charge in [0.2, 0.25) is 0 Å². The zero-order chi connectivity index (χ0) is 22.3. The van der Waals surface area contributed by atoms with Gasteiger partial charge >= 0.3 is 23.9 Å². The van der Waals surface area contributed by atoms with Crippen molar-refractivity contribution in [3.8, 4) is 11.1 Å². The predicted octanol–water partition coefficient (Wildman–Crippen LogP) is 6.42. The maximum atomic E-state index is 13.9. The highest BCUT2D eigenvalue weighted by atomic mass is 19.4. The Balaban J connectivity index is 2.31. The van der Waals surface area contributed by atoms with E-state index in [-0.39, 0.29) is 5.56 Å². The molecule has 2 rings (SSSR count). The number of alkyl halides is 9. The number of hydrogen-bond donors (Lipinski definition) is 1. The first kappa shape index (κ1) is 23.1. The molecule has 0 fully saturated rings. The Morgan fingerprint density at radius 3 is 1.55 bits per heavy atom. The first-order valence-corrected chi connectivity index (χ1v) is 8.11. The molecule has 29 heavy (non-hydrogen) atoms. The average molecular weight is 430 g/mol. The zero-order valence-corrected chi connectivity index (χ0v) is 14.8. The highest BCUT2D eigenvalue weighted by Gasteiger charge is 2.81. The fourth-order valence-electron chi connectivity index (χ4n) is 2.71. The normalized spacial score (nSPS) is 15.8. The molecule has 2 aromatic carbocycles. The van der Waals surface area contributed by atoms with Crippen LogP contribution in [0.1, 0.15) is 18.9 Å². The van der Waals surface area contributed by atoms with Gasteiger partial charge in [0.25, 0.3) is 0 Å². The van der Waals surface area contributed by atoms with Crippen molar-refractivity contribution in [3.05, 3.63) is 60.2 Å². The Morgan fingerprint density at radius 2 is 1.10 bits per heavy atom. The van der Waals surface area contributed by atoms with Crippen molar-refractivity contribution in [1.29, 1.82) is 0 Å². The molecule has 1 unspecified atom stereocenters. The summed E-state index contributed by atoms with van der Waals surface area (Å²) < 4.78 is 117. The minimum absolute atomic E-state index is 0.358. The molecule has 160 valence electrons. The van der Waals surface area contributed by atoms with E-state index in [4.69, 9.17) is 0 Å². The monoisotopic (exact) mass is 430 g/mol. The number of benzene rings is 2. The van der Waals surface area contributed by atoms with Crippen molar-refractivity contribution in [1.82, 2.24) is 0 Å². The van der Waals surface area contributed by atoms with Crippen molar-refractivity contribution in [2.45, 2.75) is 42.9 Å². The van der Waals surface area contributed by atoms with Gasteiger partial charge in [-0.15, -0.1) is 0 Å². The summed E-state index contributed by atoms with van der Waals surface area (Å²) >= 11 is 0. The molecule has 1 atom stereocenters. The van der Waals surface area contributed by atoms with Crippen molar-refractivity contribution < 1.29 is 44.6 Å². The van der Waals surface area contributed by atoms with Crippen LogP contribution in [-0.2, 0) is 5.60 Å². The summed E-state index contributed by atoms with van der Waals surface area (Å²) in [4.78, 5) is 0. The molecule has 1 nitrogen and oxygen atoms in total. The van der Waals surface area contributed by atoms with E-state index in [2.05, 4.69) is 0 Å². The molecule has 0 amide bonds. The number of rotatable bonds is 6. The molecule has 1 N–H and O–H groups in total. The molecule has 0 bridgehead atoms. The molecule has 0 heterocycles. The third-order valence-electron chi connectivity index (χ3n) is 4.39. The maximum absolute atomic E-state index is 13.9. The molecule has 0 saturated carbocycles. The van der Waals surface area contributed by atoms with E-state index in [9.17, 15) is 44.6 Å². The van der Waals surface area contributed by atoms with Gasteiger partial charge < -0.3 is 5.11 Å². The zero-order valence-electron chi connectivity index (χ0n) is 14.8. The molecule has 0 spiro atoms. The van der Waals surface area contributed by atoms with Gasteiger partial charge in [-0.05, 0) is 23.6 Å². The Bertz CT molecular complexity index is 825. The lowest BCUT2D eigenvalue weighted by molar-refractivity contribution is -0.400. The number of aliphatic hydroxyl groups is 1. The van der Waals surface area contributed by atoms with Crippen LogP contribution in [0.25, 0.3) is 11.1 Å². The summed E-state index contributed by atoms with van der Waals surface area (Å²) in [5.41, 5.74) is -1.89. The smallest absolute Gasteiger partial charge is 0.385 e. The van der Waals surface area contributed by atoms with Crippen LogP contribution in [0, 0.1) is 0 Å².